The number of benzene rings is 7. The molecule has 0 saturated heterocycles. The molecular formula is C42H29N. The highest BCUT2D eigenvalue weighted by molar-refractivity contribution is 6.36. The lowest BCUT2D eigenvalue weighted by Crippen LogP contribution is -1.95. The predicted octanol–water partition coefficient (Wildman–Crippen LogP) is 11.6. The predicted molar refractivity (Wildman–Crippen MR) is 185 cm³/mol. The van der Waals surface area contributed by atoms with E-state index in [0.717, 1.165) is 12.8 Å². The lowest BCUT2D eigenvalue weighted by Gasteiger charge is -2.15. The van der Waals surface area contributed by atoms with E-state index in [0.29, 0.717) is 0 Å². The van der Waals surface area contributed by atoms with Gasteiger partial charge in [0.25, 0.3) is 0 Å². The Morgan fingerprint density at radius 1 is 0.488 bits per heavy atom. The SMILES string of the molecule is C1=CCCC(c2ccc(-c3cccc(-n4c5ccccc5c5c6c7ccccc7ccc6c6ccccc6c54)c3)cc2)=C1. The van der Waals surface area contributed by atoms with E-state index >= 15 is 0 Å². The van der Waals surface area contributed by atoms with Crippen LogP contribution in [-0.2, 0) is 0 Å². The van der Waals surface area contributed by atoms with Gasteiger partial charge in [0.15, 0.2) is 0 Å². The maximum absolute atomic E-state index is 2.49. The van der Waals surface area contributed by atoms with Gasteiger partial charge in [-0.1, -0.05) is 133 Å². The number of nitrogens with zero attached hydrogens (tertiary/aromatic N) is 1. The molecule has 7 aromatic carbocycles. The number of fused-ring (bicyclic) bond motifs is 10. The standard InChI is InChI=1S/C42H29N/c1-2-11-28(12-3-1)29-21-23-30(24-22-29)32-14-10-15-33(27-32)43-39-20-9-8-19-38(39)41-40-34-16-5-4-13-31(34)25-26-36(40)35-17-6-7-18-37(35)42(41)43/h1-2,4-11,13-27H,3,12H2. The van der Waals surface area contributed by atoms with Crippen LogP contribution in [-0.4, -0.2) is 4.57 Å². The van der Waals surface area contributed by atoms with Crippen LogP contribution in [0, 0.1) is 0 Å². The molecule has 1 aliphatic carbocycles. The number of rotatable bonds is 3. The Balaban J connectivity index is 1.34. The van der Waals surface area contributed by atoms with Crippen LogP contribution in [0.5, 0.6) is 0 Å². The largest absolute Gasteiger partial charge is 0.309 e. The Bertz CT molecular complexity index is 2430. The van der Waals surface area contributed by atoms with E-state index in [1.165, 1.54) is 82.1 Å². The molecule has 0 radical (unpaired) electrons. The summed E-state index contributed by atoms with van der Waals surface area (Å²) in [4.78, 5) is 0. The second-order valence-electron chi connectivity index (χ2n) is 11.6. The molecule has 0 atom stereocenters. The normalized spacial score (nSPS) is 13.4. The number of hydrogen-bond donors (Lipinski definition) is 0. The lowest BCUT2D eigenvalue weighted by atomic mass is 9.93. The summed E-state index contributed by atoms with van der Waals surface area (Å²) in [5.74, 6) is 0. The molecule has 1 heteroatoms. The Morgan fingerprint density at radius 2 is 1.23 bits per heavy atom. The Labute approximate surface area is 250 Å². The molecule has 1 aliphatic rings. The molecule has 202 valence electrons. The van der Waals surface area contributed by atoms with E-state index < -0.39 is 0 Å². The molecule has 9 rings (SSSR count). The summed E-state index contributed by atoms with van der Waals surface area (Å²) >= 11 is 0. The first-order valence-electron chi connectivity index (χ1n) is 15.2. The van der Waals surface area contributed by atoms with Gasteiger partial charge >= 0.3 is 0 Å². The summed E-state index contributed by atoms with van der Waals surface area (Å²) in [6.45, 7) is 0. The molecule has 1 nitrogen and oxygen atoms in total. The Kier molecular flexibility index (Phi) is 5.39. The molecule has 43 heavy (non-hydrogen) atoms. The van der Waals surface area contributed by atoms with Gasteiger partial charge in [0.1, 0.15) is 0 Å². The summed E-state index contributed by atoms with van der Waals surface area (Å²) in [7, 11) is 0. The number of para-hydroxylation sites is 1. The van der Waals surface area contributed by atoms with Crippen molar-refractivity contribution in [2.24, 2.45) is 0 Å². The fourth-order valence-electron chi connectivity index (χ4n) is 7.25. The van der Waals surface area contributed by atoms with Crippen molar-refractivity contribution in [3.05, 3.63) is 157 Å². The van der Waals surface area contributed by atoms with Crippen LogP contribution < -0.4 is 0 Å². The summed E-state index contributed by atoms with van der Waals surface area (Å²) in [6.07, 6.45) is 8.90. The van der Waals surface area contributed by atoms with Crippen molar-refractivity contribution in [2.75, 3.05) is 0 Å². The molecule has 0 aliphatic heterocycles. The number of allylic oxidation sites excluding steroid dienone is 4. The van der Waals surface area contributed by atoms with Crippen LogP contribution >= 0.6 is 0 Å². The van der Waals surface area contributed by atoms with E-state index in [4.69, 9.17) is 0 Å². The van der Waals surface area contributed by atoms with Crippen molar-refractivity contribution in [3.8, 4) is 16.8 Å². The Hall–Kier alpha value is -5.40. The summed E-state index contributed by atoms with van der Waals surface area (Å²) in [5.41, 5.74) is 8.87. The van der Waals surface area contributed by atoms with Crippen LogP contribution in [0.4, 0.5) is 0 Å². The first-order valence-corrected chi connectivity index (χ1v) is 15.2. The highest BCUT2D eigenvalue weighted by Crippen LogP contribution is 2.44. The van der Waals surface area contributed by atoms with Gasteiger partial charge in [-0.2, -0.15) is 0 Å². The quantitative estimate of drug-likeness (QED) is 0.194. The molecule has 0 saturated carbocycles. The van der Waals surface area contributed by atoms with E-state index in [2.05, 4.69) is 156 Å². The van der Waals surface area contributed by atoms with Gasteiger partial charge in [0.2, 0.25) is 0 Å². The Morgan fingerprint density at radius 3 is 2.07 bits per heavy atom. The van der Waals surface area contributed by atoms with Crippen LogP contribution in [0.15, 0.2) is 152 Å². The molecule has 0 N–H and O–H groups in total. The number of hydrogen-bond acceptors (Lipinski definition) is 0. The average molecular weight is 548 g/mol. The maximum Gasteiger partial charge on any atom is 0.0626 e. The topological polar surface area (TPSA) is 4.93 Å². The van der Waals surface area contributed by atoms with Gasteiger partial charge in [-0.05, 0) is 74.8 Å². The van der Waals surface area contributed by atoms with Crippen molar-refractivity contribution in [2.45, 2.75) is 12.8 Å². The van der Waals surface area contributed by atoms with Crippen molar-refractivity contribution >= 4 is 59.7 Å². The summed E-state index contributed by atoms with van der Waals surface area (Å²) < 4.78 is 2.49. The van der Waals surface area contributed by atoms with Crippen LogP contribution in [0.2, 0.25) is 0 Å². The third-order valence-corrected chi connectivity index (χ3v) is 9.23. The highest BCUT2D eigenvalue weighted by Gasteiger charge is 2.20. The molecule has 0 unspecified atom stereocenters. The maximum atomic E-state index is 2.49. The van der Waals surface area contributed by atoms with Crippen LogP contribution in [0.1, 0.15) is 18.4 Å². The van der Waals surface area contributed by atoms with Crippen molar-refractivity contribution < 1.29 is 0 Å². The minimum absolute atomic E-state index is 1.11. The third-order valence-electron chi connectivity index (χ3n) is 9.23. The van der Waals surface area contributed by atoms with Gasteiger partial charge < -0.3 is 4.57 Å². The van der Waals surface area contributed by atoms with Gasteiger partial charge in [-0.3, -0.25) is 0 Å². The van der Waals surface area contributed by atoms with E-state index in [9.17, 15) is 0 Å². The molecule has 0 bridgehead atoms. The van der Waals surface area contributed by atoms with Gasteiger partial charge in [-0.25, -0.2) is 0 Å². The molecule has 8 aromatic rings. The second-order valence-corrected chi connectivity index (χ2v) is 11.6. The first kappa shape index (κ1) is 24.2. The number of aromatic nitrogens is 1. The van der Waals surface area contributed by atoms with Crippen molar-refractivity contribution in [1.82, 2.24) is 4.57 Å². The van der Waals surface area contributed by atoms with E-state index in [1.807, 2.05) is 0 Å². The minimum Gasteiger partial charge on any atom is -0.309 e. The highest BCUT2D eigenvalue weighted by atomic mass is 15.0. The summed E-state index contributed by atoms with van der Waals surface area (Å²) in [6, 6.07) is 49.3. The fraction of sp³-hybridized carbons (Fsp3) is 0.0476. The van der Waals surface area contributed by atoms with Crippen LogP contribution in [0.25, 0.3) is 76.5 Å². The third kappa shape index (κ3) is 3.72. The molecule has 0 spiro atoms. The zero-order chi connectivity index (χ0) is 28.3. The van der Waals surface area contributed by atoms with Gasteiger partial charge in [0, 0.05) is 27.2 Å². The average Bonchev–Trinajstić information content (AvgIpc) is 3.44. The second kappa shape index (κ2) is 9.58. The fourth-order valence-corrected chi connectivity index (χ4v) is 7.25. The first-order chi connectivity index (χ1) is 21.3. The molecule has 0 fully saturated rings. The van der Waals surface area contributed by atoms with E-state index in [-0.39, 0.29) is 0 Å². The van der Waals surface area contributed by atoms with E-state index in [1.54, 1.807) is 0 Å². The molecule has 1 aromatic heterocycles. The van der Waals surface area contributed by atoms with Crippen LogP contribution in [0.3, 0.4) is 0 Å². The van der Waals surface area contributed by atoms with Gasteiger partial charge in [-0.15, -0.1) is 0 Å². The zero-order valence-corrected chi connectivity index (χ0v) is 23.8. The molecular weight excluding hydrogens is 518 g/mol. The minimum atomic E-state index is 1.11. The lowest BCUT2D eigenvalue weighted by molar-refractivity contribution is 1.05. The molecule has 0 amide bonds. The summed E-state index contributed by atoms with van der Waals surface area (Å²) in [5, 5.41) is 10.4. The smallest absolute Gasteiger partial charge is 0.0626 e. The van der Waals surface area contributed by atoms with Gasteiger partial charge in [0.05, 0.1) is 11.0 Å². The zero-order valence-electron chi connectivity index (χ0n) is 23.8. The van der Waals surface area contributed by atoms with Crippen molar-refractivity contribution in [3.63, 3.8) is 0 Å². The van der Waals surface area contributed by atoms with Crippen molar-refractivity contribution in [1.29, 1.82) is 0 Å². The monoisotopic (exact) mass is 547 g/mol. The molecule has 1 heterocycles.